The zero-order valence-corrected chi connectivity index (χ0v) is 48.1. The summed E-state index contributed by atoms with van der Waals surface area (Å²) in [6.45, 7) is 4.42. The molecule has 0 aliphatic carbocycles. The number of ether oxygens (including phenoxy) is 2. The smallest absolute Gasteiger partial charge is 0.462 e. The zero-order chi connectivity index (χ0) is 52.0. The number of unbranched alkanes of at least 4 members (excludes halogenated alkanes) is 33. The lowest BCUT2D eigenvalue weighted by atomic mass is 10.0. The number of hydrogen-bond donors (Lipinski definition) is 1. The quantitative estimate of drug-likeness (QED) is 0.0211. The molecule has 2 unspecified atom stereocenters. The van der Waals surface area contributed by atoms with E-state index in [0.29, 0.717) is 17.4 Å². The van der Waals surface area contributed by atoms with Crippen molar-refractivity contribution in [2.75, 3.05) is 47.5 Å². The fourth-order valence-corrected chi connectivity index (χ4v) is 9.17. The van der Waals surface area contributed by atoms with Gasteiger partial charge in [-0.25, -0.2) is 4.57 Å². The van der Waals surface area contributed by atoms with Gasteiger partial charge in [0.05, 0.1) is 27.7 Å². The predicted molar refractivity (Wildman–Crippen MR) is 303 cm³/mol. The lowest BCUT2D eigenvalue weighted by Crippen LogP contribution is -2.37. The number of carbonyl (C=O) groups is 2. The molecule has 0 saturated heterocycles. The van der Waals surface area contributed by atoms with Gasteiger partial charge in [-0.3, -0.25) is 18.6 Å². The summed E-state index contributed by atoms with van der Waals surface area (Å²) < 4.78 is 34.5. The van der Waals surface area contributed by atoms with Crippen LogP contribution in [0, 0.1) is 0 Å². The Morgan fingerprint density at radius 1 is 0.437 bits per heavy atom. The van der Waals surface area contributed by atoms with E-state index in [2.05, 4.69) is 62.5 Å². The molecule has 0 rings (SSSR count). The monoisotopic (exact) mass is 1020 g/mol. The summed E-state index contributed by atoms with van der Waals surface area (Å²) in [6.07, 6.45) is 66.2. The third kappa shape index (κ3) is 57.1. The first-order valence-electron chi connectivity index (χ1n) is 29.9. The van der Waals surface area contributed by atoms with Gasteiger partial charge in [-0.05, 0) is 77.0 Å². The van der Waals surface area contributed by atoms with Gasteiger partial charge in [0, 0.05) is 12.8 Å². The van der Waals surface area contributed by atoms with Gasteiger partial charge in [0.15, 0.2) is 6.10 Å². The molecule has 0 aromatic rings. The lowest BCUT2D eigenvalue weighted by molar-refractivity contribution is -0.870. The molecule has 0 fully saturated rings. The molecule has 0 aliphatic rings. The van der Waals surface area contributed by atoms with E-state index in [4.69, 9.17) is 18.5 Å². The molecule has 0 aromatic carbocycles. The molecular weight excluding hydrogens is 906 g/mol. The second-order valence-corrected chi connectivity index (χ2v) is 22.8. The molecule has 0 bridgehead atoms. The number of hydrogen-bond acceptors (Lipinski definition) is 7. The number of quaternary nitrogens is 1. The Labute approximate surface area is 439 Å². The Morgan fingerprint density at radius 3 is 1.13 bits per heavy atom. The highest BCUT2D eigenvalue weighted by molar-refractivity contribution is 7.47. The highest BCUT2D eigenvalue weighted by atomic mass is 31.2. The molecule has 416 valence electrons. The van der Waals surface area contributed by atoms with Crippen LogP contribution in [0.5, 0.6) is 0 Å². The van der Waals surface area contributed by atoms with Gasteiger partial charge in [0.1, 0.15) is 19.8 Å². The standard InChI is InChI=1S/C61H114NO8P/c1-6-8-10-12-14-16-18-20-22-24-25-26-27-28-29-30-31-32-33-34-35-36-37-38-40-42-44-46-48-50-52-54-61(64)70-59(58-69-71(65,66)68-56-55-62(3,4)5)57-67-60(63)53-51-49-47-45-43-41-39-23-21-19-17-15-13-11-9-7-2/h17-20,23-25,39,59H,6-16,21-22,26-38,40-58H2,1-5H3/p+1/b19-17-,20-18-,25-24-,39-23-. The second kappa shape index (κ2) is 52.8. The van der Waals surface area contributed by atoms with Crippen molar-refractivity contribution < 1.29 is 42.1 Å². The third-order valence-electron chi connectivity index (χ3n) is 13.1. The number of allylic oxidation sites excluding steroid dienone is 8. The number of nitrogens with zero attached hydrogens (tertiary/aromatic N) is 1. The fraction of sp³-hybridized carbons (Fsp3) is 0.836. The zero-order valence-electron chi connectivity index (χ0n) is 47.2. The molecule has 0 aromatic heterocycles. The molecule has 0 radical (unpaired) electrons. The van der Waals surface area contributed by atoms with Crippen LogP contribution >= 0.6 is 7.82 Å². The van der Waals surface area contributed by atoms with Crippen LogP contribution in [0.15, 0.2) is 48.6 Å². The molecule has 0 amide bonds. The van der Waals surface area contributed by atoms with Gasteiger partial charge < -0.3 is 18.9 Å². The van der Waals surface area contributed by atoms with Crippen molar-refractivity contribution in [2.45, 2.75) is 283 Å². The lowest BCUT2D eigenvalue weighted by Gasteiger charge is -2.24. The molecule has 0 saturated carbocycles. The molecule has 1 N–H and O–H groups in total. The van der Waals surface area contributed by atoms with E-state index in [-0.39, 0.29) is 32.0 Å². The summed E-state index contributed by atoms with van der Waals surface area (Å²) in [5.41, 5.74) is 0. The normalized spacial score (nSPS) is 13.6. The second-order valence-electron chi connectivity index (χ2n) is 21.4. The molecule has 2 atom stereocenters. The summed E-state index contributed by atoms with van der Waals surface area (Å²) in [5.74, 6) is -0.804. The first kappa shape index (κ1) is 69.0. The largest absolute Gasteiger partial charge is 0.472 e. The van der Waals surface area contributed by atoms with E-state index in [1.54, 1.807) is 0 Å². The Bertz CT molecular complexity index is 1340. The van der Waals surface area contributed by atoms with Crippen LogP contribution < -0.4 is 0 Å². The maximum atomic E-state index is 12.8. The Hall–Kier alpha value is -2.03. The Morgan fingerprint density at radius 2 is 0.761 bits per heavy atom. The number of rotatable bonds is 55. The summed E-state index contributed by atoms with van der Waals surface area (Å²) in [4.78, 5) is 35.6. The van der Waals surface area contributed by atoms with Crippen molar-refractivity contribution >= 4 is 19.8 Å². The van der Waals surface area contributed by atoms with E-state index >= 15 is 0 Å². The van der Waals surface area contributed by atoms with E-state index in [0.717, 1.165) is 64.2 Å². The van der Waals surface area contributed by atoms with E-state index in [9.17, 15) is 19.0 Å². The minimum atomic E-state index is -4.39. The summed E-state index contributed by atoms with van der Waals surface area (Å²) in [5, 5.41) is 0. The SMILES string of the molecule is CCCCCC/C=C\C/C=C\CCCCCCCC(=O)OCC(COP(=O)(O)OCC[N+](C)(C)C)OC(=O)CCCCCCCCCCCCCCCCCCCCC/C=C\C/C=C\CCCCCCC. The fourth-order valence-electron chi connectivity index (χ4n) is 8.43. The number of esters is 2. The van der Waals surface area contributed by atoms with Crippen LogP contribution in [-0.2, 0) is 32.7 Å². The van der Waals surface area contributed by atoms with Crippen LogP contribution in [0.2, 0.25) is 0 Å². The maximum absolute atomic E-state index is 12.8. The molecule has 0 spiro atoms. The van der Waals surface area contributed by atoms with Crippen molar-refractivity contribution in [2.24, 2.45) is 0 Å². The van der Waals surface area contributed by atoms with Crippen molar-refractivity contribution in [3.05, 3.63) is 48.6 Å². The topological polar surface area (TPSA) is 108 Å². The predicted octanol–water partition coefficient (Wildman–Crippen LogP) is 18.5. The summed E-state index contributed by atoms with van der Waals surface area (Å²) in [7, 11) is 1.48. The van der Waals surface area contributed by atoms with E-state index in [1.807, 2.05) is 21.1 Å². The third-order valence-corrected chi connectivity index (χ3v) is 14.1. The molecule has 71 heavy (non-hydrogen) atoms. The van der Waals surface area contributed by atoms with Gasteiger partial charge in [-0.15, -0.1) is 0 Å². The van der Waals surface area contributed by atoms with Crippen LogP contribution in [0.3, 0.4) is 0 Å². The Kier molecular flexibility index (Phi) is 51.3. The van der Waals surface area contributed by atoms with E-state index < -0.39 is 26.5 Å². The number of carbonyl (C=O) groups excluding carboxylic acids is 2. The minimum Gasteiger partial charge on any atom is -0.462 e. The number of likely N-dealkylation sites (N-methyl/N-ethyl adjacent to an activating group) is 1. The molecule has 9 nitrogen and oxygen atoms in total. The average molecular weight is 1020 g/mol. The highest BCUT2D eigenvalue weighted by Crippen LogP contribution is 2.43. The molecule has 10 heteroatoms. The molecule has 0 aliphatic heterocycles. The number of phosphoric acid groups is 1. The van der Waals surface area contributed by atoms with Gasteiger partial charge in [-0.2, -0.15) is 0 Å². The first-order valence-corrected chi connectivity index (χ1v) is 31.4. The number of phosphoric ester groups is 1. The van der Waals surface area contributed by atoms with Crippen LogP contribution in [0.25, 0.3) is 0 Å². The van der Waals surface area contributed by atoms with Gasteiger partial charge >= 0.3 is 19.8 Å². The van der Waals surface area contributed by atoms with Crippen molar-refractivity contribution in [3.63, 3.8) is 0 Å². The summed E-state index contributed by atoms with van der Waals surface area (Å²) in [6, 6.07) is 0. The van der Waals surface area contributed by atoms with E-state index in [1.165, 1.54) is 180 Å². The van der Waals surface area contributed by atoms with Crippen LogP contribution in [0.4, 0.5) is 0 Å². The van der Waals surface area contributed by atoms with Crippen molar-refractivity contribution in [3.8, 4) is 0 Å². The minimum absolute atomic E-state index is 0.0298. The van der Waals surface area contributed by atoms with Crippen molar-refractivity contribution in [1.29, 1.82) is 0 Å². The van der Waals surface area contributed by atoms with Crippen LogP contribution in [-0.4, -0.2) is 74.9 Å². The molecular formula is C61H115NO8P+. The Balaban J connectivity index is 4.06. The van der Waals surface area contributed by atoms with Gasteiger partial charge in [0.2, 0.25) is 0 Å². The van der Waals surface area contributed by atoms with Gasteiger partial charge in [0.25, 0.3) is 0 Å². The molecule has 0 heterocycles. The summed E-state index contributed by atoms with van der Waals surface area (Å²) >= 11 is 0. The van der Waals surface area contributed by atoms with Crippen LogP contribution in [0.1, 0.15) is 277 Å². The van der Waals surface area contributed by atoms with Gasteiger partial charge in [-0.1, -0.05) is 236 Å². The maximum Gasteiger partial charge on any atom is 0.472 e. The first-order chi connectivity index (χ1) is 34.5. The highest BCUT2D eigenvalue weighted by Gasteiger charge is 2.27. The van der Waals surface area contributed by atoms with Crippen molar-refractivity contribution in [1.82, 2.24) is 0 Å². The average Bonchev–Trinajstić information content (AvgIpc) is 3.33.